The Morgan fingerprint density at radius 3 is 2.84 bits per heavy atom. The lowest BCUT2D eigenvalue weighted by molar-refractivity contribution is 0.475. The third-order valence-electron chi connectivity index (χ3n) is 3.10. The lowest BCUT2D eigenvalue weighted by atomic mass is 10.1. The number of fused-ring (bicyclic) bond motifs is 1. The van der Waals surface area contributed by atoms with E-state index in [-0.39, 0.29) is 11.4 Å². The van der Waals surface area contributed by atoms with E-state index >= 15 is 0 Å². The second-order valence-electron chi connectivity index (χ2n) is 4.45. The monoisotopic (exact) mass is 258 g/mol. The molecule has 1 aliphatic rings. The van der Waals surface area contributed by atoms with Crippen LogP contribution in [0.4, 0.5) is 11.5 Å². The number of hydrogen-bond acceptors (Lipinski definition) is 5. The number of H-pyrrole nitrogens is 1. The van der Waals surface area contributed by atoms with Crippen LogP contribution in [0.15, 0.2) is 29.1 Å². The van der Waals surface area contributed by atoms with Gasteiger partial charge in [-0.25, -0.2) is 4.79 Å². The fourth-order valence-corrected chi connectivity index (χ4v) is 2.18. The predicted molar refractivity (Wildman–Crippen MR) is 71.7 cm³/mol. The fourth-order valence-electron chi connectivity index (χ4n) is 2.18. The Kier molecular flexibility index (Phi) is 2.92. The van der Waals surface area contributed by atoms with Gasteiger partial charge in [-0.2, -0.15) is 4.98 Å². The summed E-state index contributed by atoms with van der Waals surface area (Å²) >= 11 is 0. The van der Waals surface area contributed by atoms with Crippen molar-refractivity contribution in [2.75, 3.05) is 11.9 Å². The van der Waals surface area contributed by atoms with Gasteiger partial charge in [0.1, 0.15) is 11.6 Å². The number of aromatic hydroxyl groups is 1. The molecule has 1 aromatic heterocycles. The summed E-state index contributed by atoms with van der Waals surface area (Å²) in [4.78, 5) is 18.3. The van der Waals surface area contributed by atoms with Crippen LogP contribution in [0.5, 0.6) is 5.75 Å². The topological polar surface area (TPSA) is 90.0 Å². The van der Waals surface area contributed by atoms with Gasteiger partial charge in [-0.15, -0.1) is 0 Å². The van der Waals surface area contributed by atoms with Gasteiger partial charge in [0.2, 0.25) is 0 Å². The highest BCUT2D eigenvalue weighted by atomic mass is 16.3. The predicted octanol–water partition coefficient (Wildman–Crippen LogP) is 0.865. The molecule has 0 saturated heterocycles. The molecule has 0 spiro atoms. The number of nitrogens with zero attached hydrogens (tertiary/aromatic N) is 1. The van der Waals surface area contributed by atoms with Crippen LogP contribution in [0.25, 0.3) is 0 Å². The molecule has 1 aliphatic heterocycles. The van der Waals surface area contributed by atoms with Gasteiger partial charge in [-0.3, -0.25) is 0 Å². The third kappa shape index (κ3) is 2.43. The SMILES string of the molecule is O=c1nc(Nc2ccc(O)cc2)c2c([nH]1)CNCC2. The Labute approximate surface area is 109 Å². The Bertz CT molecular complexity index is 649. The minimum Gasteiger partial charge on any atom is -0.508 e. The zero-order valence-electron chi connectivity index (χ0n) is 10.2. The van der Waals surface area contributed by atoms with Gasteiger partial charge in [0, 0.05) is 23.5 Å². The molecule has 0 amide bonds. The van der Waals surface area contributed by atoms with Gasteiger partial charge in [-0.05, 0) is 37.2 Å². The van der Waals surface area contributed by atoms with Crippen LogP contribution in [0.3, 0.4) is 0 Å². The van der Waals surface area contributed by atoms with E-state index in [9.17, 15) is 9.90 Å². The second-order valence-corrected chi connectivity index (χ2v) is 4.45. The first kappa shape index (κ1) is 11.7. The van der Waals surface area contributed by atoms with Gasteiger partial charge in [0.15, 0.2) is 0 Å². The smallest absolute Gasteiger partial charge is 0.347 e. The molecule has 0 unspecified atom stereocenters. The van der Waals surface area contributed by atoms with Gasteiger partial charge >= 0.3 is 5.69 Å². The molecule has 0 fully saturated rings. The molecule has 6 nitrogen and oxygen atoms in total. The molecular weight excluding hydrogens is 244 g/mol. The second kappa shape index (κ2) is 4.74. The normalized spacial score (nSPS) is 13.9. The summed E-state index contributed by atoms with van der Waals surface area (Å²) < 4.78 is 0. The van der Waals surface area contributed by atoms with Crippen molar-refractivity contribution in [1.82, 2.24) is 15.3 Å². The van der Waals surface area contributed by atoms with Crippen LogP contribution in [0, 0.1) is 0 Å². The average molecular weight is 258 g/mol. The molecule has 0 atom stereocenters. The first-order valence-corrected chi connectivity index (χ1v) is 6.11. The van der Waals surface area contributed by atoms with Crippen molar-refractivity contribution >= 4 is 11.5 Å². The van der Waals surface area contributed by atoms with E-state index < -0.39 is 0 Å². The van der Waals surface area contributed by atoms with Crippen molar-refractivity contribution in [2.24, 2.45) is 0 Å². The molecule has 6 heteroatoms. The summed E-state index contributed by atoms with van der Waals surface area (Å²) in [7, 11) is 0. The van der Waals surface area contributed by atoms with Crippen LogP contribution in [-0.2, 0) is 13.0 Å². The first-order chi connectivity index (χ1) is 9.22. The standard InChI is InChI=1S/C13H14N4O2/c18-9-3-1-8(2-4-9)15-12-10-5-6-14-7-11(10)16-13(19)17-12/h1-4,14,18H,5-7H2,(H2,15,16,17,19). The summed E-state index contributed by atoms with van der Waals surface area (Å²) in [6, 6.07) is 6.66. The molecular formula is C13H14N4O2. The van der Waals surface area contributed by atoms with Crippen molar-refractivity contribution in [3.63, 3.8) is 0 Å². The maximum Gasteiger partial charge on any atom is 0.347 e. The molecule has 19 heavy (non-hydrogen) atoms. The van der Waals surface area contributed by atoms with Crippen molar-refractivity contribution in [1.29, 1.82) is 0 Å². The Morgan fingerprint density at radius 1 is 1.26 bits per heavy atom. The molecule has 0 saturated carbocycles. The largest absolute Gasteiger partial charge is 0.508 e. The number of nitrogens with one attached hydrogen (secondary N) is 3. The van der Waals surface area contributed by atoms with Crippen molar-refractivity contribution in [2.45, 2.75) is 13.0 Å². The summed E-state index contributed by atoms with van der Waals surface area (Å²) in [6.45, 7) is 1.52. The highest BCUT2D eigenvalue weighted by Gasteiger charge is 2.15. The summed E-state index contributed by atoms with van der Waals surface area (Å²) in [5.74, 6) is 0.793. The minimum atomic E-state index is -0.358. The zero-order chi connectivity index (χ0) is 13.2. The van der Waals surface area contributed by atoms with Gasteiger partial charge in [0.05, 0.1) is 0 Å². The average Bonchev–Trinajstić information content (AvgIpc) is 2.41. The van der Waals surface area contributed by atoms with Gasteiger partial charge < -0.3 is 20.7 Å². The Morgan fingerprint density at radius 2 is 2.05 bits per heavy atom. The Balaban J connectivity index is 1.98. The van der Waals surface area contributed by atoms with Crippen LogP contribution in [0.2, 0.25) is 0 Å². The van der Waals surface area contributed by atoms with E-state index in [1.165, 1.54) is 0 Å². The highest BCUT2D eigenvalue weighted by Crippen LogP contribution is 2.22. The van der Waals surface area contributed by atoms with Crippen LogP contribution in [0.1, 0.15) is 11.3 Å². The zero-order valence-corrected chi connectivity index (χ0v) is 10.2. The number of phenolic OH excluding ortho intramolecular Hbond substituents is 1. The van der Waals surface area contributed by atoms with Crippen molar-refractivity contribution in [3.05, 3.63) is 46.0 Å². The fraction of sp³-hybridized carbons (Fsp3) is 0.231. The molecule has 0 radical (unpaired) electrons. The number of benzene rings is 1. The number of anilines is 2. The van der Waals surface area contributed by atoms with Crippen molar-refractivity contribution in [3.8, 4) is 5.75 Å². The maximum absolute atomic E-state index is 11.5. The van der Waals surface area contributed by atoms with Crippen LogP contribution in [-0.4, -0.2) is 21.6 Å². The molecule has 3 rings (SSSR count). The van der Waals surface area contributed by atoms with Crippen LogP contribution >= 0.6 is 0 Å². The maximum atomic E-state index is 11.5. The molecule has 2 aromatic rings. The third-order valence-corrected chi connectivity index (χ3v) is 3.10. The van der Waals surface area contributed by atoms with Gasteiger partial charge in [0.25, 0.3) is 0 Å². The molecule has 0 aliphatic carbocycles. The van der Waals surface area contributed by atoms with Crippen LogP contribution < -0.4 is 16.3 Å². The summed E-state index contributed by atoms with van der Waals surface area (Å²) in [6.07, 6.45) is 0.819. The van der Waals surface area contributed by atoms with Gasteiger partial charge in [-0.1, -0.05) is 0 Å². The van der Waals surface area contributed by atoms with E-state index in [0.717, 1.165) is 29.9 Å². The van der Waals surface area contributed by atoms with E-state index in [1.54, 1.807) is 24.3 Å². The Hall–Kier alpha value is -2.34. The van der Waals surface area contributed by atoms with E-state index in [0.29, 0.717) is 12.4 Å². The summed E-state index contributed by atoms with van der Waals surface area (Å²) in [5, 5.41) is 15.6. The molecule has 2 heterocycles. The number of rotatable bonds is 2. The molecule has 98 valence electrons. The van der Waals surface area contributed by atoms with E-state index in [4.69, 9.17) is 0 Å². The summed E-state index contributed by atoms with van der Waals surface area (Å²) in [5.41, 5.74) is 2.35. The minimum absolute atomic E-state index is 0.204. The van der Waals surface area contributed by atoms with E-state index in [2.05, 4.69) is 20.6 Å². The lowest BCUT2D eigenvalue weighted by Crippen LogP contribution is -2.29. The molecule has 1 aromatic carbocycles. The number of aromatic amines is 1. The number of aromatic nitrogens is 2. The van der Waals surface area contributed by atoms with Crippen molar-refractivity contribution < 1.29 is 5.11 Å². The first-order valence-electron chi connectivity index (χ1n) is 6.11. The highest BCUT2D eigenvalue weighted by molar-refractivity contribution is 5.60. The molecule has 0 bridgehead atoms. The number of phenols is 1. The lowest BCUT2D eigenvalue weighted by Gasteiger charge is -2.19. The number of hydrogen-bond donors (Lipinski definition) is 4. The van der Waals surface area contributed by atoms with E-state index in [1.807, 2.05) is 0 Å². The quantitative estimate of drug-likeness (QED) is 0.600. The molecule has 4 N–H and O–H groups in total.